The Kier molecular flexibility index (Phi) is 15.0. The number of rotatable bonds is 8. The maximum Gasteiger partial charge on any atom is 0.0425 e. The van der Waals surface area contributed by atoms with Gasteiger partial charge >= 0.3 is 0 Å². The van der Waals surface area contributed by atoms with E-state index in [1.165, 1.54) is 25.0 Å². The molecule has 35 heavy (non-hydrogen) atoms. The topological polar surface area (TPSA) is 12.4 Å². The van der Waals surface area contributed by atoms with Crippen molar-refractivity contribution in [3.8, 4) is 0 Å². The van der Waals surface area contributed by atoms with Crippen LogP contribution in [0.25, 0.3) is 0 Å². The molecule has 0 unspecified atom stereocenters. The third-order valence-electron chi connectivity index (χ3n) is 7.56. The number of hydrogen-bond acceptors (Lipinski definition) is 1. The fraction of sp³-hybridized carbons (Fsp3) is 0.750. The molecule has 0 radical (unpaired) electrons. The molecule has 0 fully saturated rings. The van der Waals surface area contributed by atoms with Crippen LogP contribution in [-0.2, 0) is 21.7 Å². The van der Waals surface area contributed by atoms with E-state index in [2.05, 4.69) is 146 Å². The molecule has 1 rings (SSSR count). The van der Waals surface area contributed by atoms with Gasteiger partial charge in [0.2, 0.25) is 0 Å². The molecule has 0 saturated carbocycles. The van der Waals surface area contributed by atoms with Crippen molar-refractivity contribution in [3.05, 3.63) is 48.2 Å². The molecule has 0 bridgehead atoms. The molecule has 0 saturated heterocycles. The predicted octanol–water partition coefficient (Wildman–Crippen LogP) is 11.8. The van der Waals surface area contributed by atoms with Crippen molar-refractivity contribution in [1.82, 2.24) is 0 Å². The van der Waals surface area contributed by atoms with E-state index >= 15 is 0 Å². The van der Waals surface area contributed by atoms with Crippen molar-refractivity contribution in [2.75, 3.05) is 0 Å². The first kappa shape index (κ1) is 37.1. The summed E-state index contributed by atoms with van der Waals surface area (Å²) in [4.78, 5) is 0. The summed E-state index contributed by atoms with van der Waals surface area (Å²) in [6.07, 6.45) is 19.9. The molecule has 3 heteroatoms. The van der Waals surface area contributed by atoms with Crippen molar-refractivity contribution in [3.63, 3.8) is 0 Å². The maximum atomic E-state index is 5.64. The minimum Gasteiger partial charge on any atom is -0.270 e. The van der Waals surface area contributed by atoms with E-state index in [1.54, 1.807) is 0 Å². The Balaban J connectivity index is 0. The van der Waals surface area contributed by atoms with Gasteiger partial charge in [0.05, 0.1) is 0 Å². The second kappa shape index (κ2) is 14.2. The Morgan fingerprint density at radius 1 is 0.686 bits per heavy atom. The Labute approximate surface area is 236 Å². The maximum absolute atomic E-state index is 5.64. The molecule has 0 heterocycles. The van der Waals surface area contributed by atoms with Gasteiger partial charge in [-0.1, -0.05) is 140 Å². The SMILES string of the molecule is CC(C)(C)C=CC=CC(C)(C)C.CCC(C)(C)P(=NC1=CC=CC1)(C(C)(C)CC)C(C)(C)CC.[Ti]. The smallest absolute Gasteiger partial charge is 0.0425 e. The Morgan fingerprint density at radius 3 is 1.26 bits per heavy atom. The fourth-order valence-electron chi connectivity index (χ4n) is 4.94. The van der Waals surface area contributed by atoms with Crippen LogP contribution in [0.1, 0.15) is 130 Å². The molecule has 1 aliphatic carbocycles. The molecule has 1 aliphatic rings. The third kappa shape index (κ3) is 10.7. The number of hydrogen-bond donors (Lipinski definition) is 0. The normalized spacial score (nSPS) is 15.7. The molecule has 0 aromatic carbocycles. The minimum absolute atomic E-state index is 0. The quantitative estimate of drug-likeness (QED) is 0.166. The largest absolute Gasteiger partial charge is 0.270 e. The molecular weight excluding hydrogens is 477 g/mol. The van der Waals surface area contributed by atoms with Crippen LogP contribution >= 0.6 is 7.05 Å². The van der Waals surface area contributed by atoms with Crippen LogP contribution in [0.15, 0.2) is 53.0 Å². The minimum atomic E-state index is -1.64. The summed E-state index contributed by atoms with van der Waals surface area (Å²) in [6, 6.07) is 0. The molecule has 0 amide bonds. The van der Waals surface area contributed by atoms with Gasteiger partial charge < -0.3 is 0 Å². The van der Waals surface area contributed by atoms with Crippen LogP contribution in [0.5, 0.6) is 0 Å². The van der Waals surface area contributed by atoms with E-state index < -0.39 is 7.05 Å². The van der Waals surface area contributed by atoms with Gasteiger partial charge in [0, 0.05) is 49.3 Å². The molecule has 0 N–H and O–H groups in total. The monoisotopic (exact) mass is 537 g/mol. The van der Waals surface area contributed by atoms with Gasteiger partial charge in [0.1, 0.15) is 0 Å². The summed E-state index contributed by atoms with van der Waals surface area (Å²) in [6.45, 7) is 35.1. The van der Waals surface area contributed by atoms with E-state index in [9.17, 15) is 0 Å². The van der Waals surface area contributed by atoms with Crippen molar-refractivity contribution >= 4 is 7.05 Å². The van der Waals surface area contributed by atoms with E-state index in [1.807, 2.05) is 0 Å². The zero-order valence-corrected chi connectivity index (χ0v) is 28.7. The van der Waals surface area contributed by atoms with Crippen molar-refractivity contribution in [1.29, 1.82) is 0 Å². The second-order valence-electron chi connectivity index (χ2n) is 14.0. The van der Waals surface area contributed by atoms with E-state index in [0.717, 1.165) is 6.42 Å². The van der Waals surface area contributed by atoms with E-state index in [0.29, 0.717) is 10.8 Å². The molecule has 0 atom stereocenters. The Hall–Kier alpha value is -0.0957. The molecule has 0 spiro atoms. The van der Waals surface area contributed by atoms with Gasteiger partial charge in [0.15, 0.2) is 0 Å². The molecule has 0 aromatic rings. The van der Waals surface area contributed by atoms with Gasteiger partial charge in [-0.3, -0.25) is 4.74 Å². The predicted molar refractivity (Wildman–Crippen MR) is 161 cm³/mol. The van der Waals surface area contributed by atoms with Crippen LogP contribution < -0.4 is 0 Å². The molecule has 202 valence electrons. The van der Waals surface area contributed by atoms with Crippen molar-refractivity contribution in [2.45, 2.75) is 145 Å². The van der Waals surface area contributed by atoms with E-state index in [-0.39, 0.29) is 37.2 Å². The van der Waals surface area contributed by atoms with Crippen molar-refractivity contribution < 1.29 is 21.7 Å². The first-order valence-electron chi connectivity index (χ1n) is 13.6. The number of nitrogens with zero attached hydrogens (tertiary/aromatic N) is 1. The third-order valence-corrected chi connectivity index (χ3v) is 14.3. The first-order valence-corrected chi connectivity index (χ1v) is 15.3. The van der Waals surface area contributed by atoms with Crippen LogP contribution in [0.2, 0.25) is 0 Å². The van der Waals surface area contributed by atoms with Crippen LogP contribution in [0, 0.1) is 10.8 Å². The summed E-state index contributed by atoms with van der Waals surface area (Å²) in [5.41, 5.74) is 1.89. The number of allylic oxidation sites excluding steroid dienone is 7. The molecule has 0 aliphatic heterocycles. The van der Waals surface area contributed by atoms with Crippen molar-refractivity contribution in [2.24, 2.45) is 15.6 Å². The van der Waals surface area contributed by atoms with E-state index in [4.69, 9.17) is 4.74 Å². The molecular formula is C32H60NPTi. The fourth-order valence-corrected chi connectivity index (χ4v) is 12.6. The summed E-state index contributed by atoms with van der Waals surface area (Å²) >= 11 is 0. The second-order valence-corrected chi connectivity index (χ2v) is 19.1. The average molecular weight is 538 g/mol. The Morgan fingerprint density at radius 2 is 1.03 bits per heavy atom. The van der Waals surface area contributed by atoms with Gasteiger partial charge in [-0.05, 0) is 43.2 Å². The van der Waals surface area contributed by atoms with Crippen LogP contribution in [-0.4, -0.2) is 15.5 Å². The van der Waals surface area contributed by atoms with Gasteiger partial charge in [-0.2, -0.15) is 0 Å². The summed E-state index contributed by atoms with van der Waals surface area (Å²) in [5.74, 6) is 0. The van der Waals surface area contributed by atoms with Gasteiger partial charge in [-0.15, -0.1) is 0 Å². The Bertz CT molecular complexity index is 736. The molecule has 0 aromatic heterocycles. The molecule has 1 nitrogen and oxygen atoms in total. The zero-order chi connectivity index (χ0) is 27.1. The van der Waals surface area contributed by atoms with Crippen LogP contribution in [0.3, 0.4) is 0 Å². The summed E-state index contributed by atoms with van der Waals surface area (Å²) < 4.78 is 5.64. The zero-order valence-electron chi connectivity index (χ0n) is 26.3. The average Bonchev–Trinajstić information content (AvgIpc) is 3.21. The van der Waals surface area contributed by atoms with Gasteiger partial charge in [-0.25, -0.2) is 0 Å². The first-order chi connectivity index (χ1) is 15.2. The van der Waals surface area contributed by atoms with Crippen LogP contribution in [0.4, 0.5) is 0 Å². The summed E-state index contributed by atoms with van der Waals surface area (Å²) in [5, 5.41) is 0.778. The van der Waals surface area contributed by atoms with Gasteiger partial charge in [0.25, 0.3) is 0 Å². The standard InChI is InChI=1S/C20H38NP.C12H22.Ti/c1-10-18(4,5)22(19(6,7)11-2,20(8,9)12-3)21-17-15-13-14-16-17;1-11(2,3)9-7-8-10-12(4,5)6;/h13-15H,10-12,16H2,1-9H3;7-10H,1-6H3;. The summed E-state index contributed by atoms with van der Waals surface area (Å²) in [7, 11) is -1.64.